The van der Waals surface area contributed by atoms with Crippen molar-refractivity contribution in [3.63, 3.8) is 0 Å². The van der Waals surface area contributed by atoms with E-state index in [2.05, 4.69) is 0 Å². The number of alkyl halides is 3. The third-order valence-electron chi connectivity index (χ3n) is 1.93. The molecule has 0 aliphatic carbocycles. The molecule has 1 aromatic rings. The summed E-state index contributed by atoms with van der Waals surface area (Å²) in [6.45, 7) is 1.62. The number of benzene rings is 1. The number of carbonyl (C=O) groups excluding carboxylic acids is 1. The lowest BCUT2D eigenvalue weighted by Crippen LogP contribution is -2.10. The predicted molar refractivity (Wildman–Crippen MR) is 71.7 cm³/mol. The fourth-order valence-electron chi connectivity index (χ4n) is 1.23. The highest BCUT2D eigenvalue weighted by Crippen LogP contribution is 2.41. The monoisotopic (exact) mass is 401 g/mol. The van der Waals surface area contributed by atoms with Crippen molar-refractivity contribution in [2.24, 2.45) is 0 Å². The molecule has 0 saturated heterocycles. The Morgan fingerprint density at radius 1 is 1.53 bits per heavy atom. The SMILES string of the molecule is CCOC(=O)c1ccc(C#N)c(I)c1SC(F)(F)F. The van der Waals surface area contributed by atoms with Crippen LogP contribution in [0.3, 0.4) is 0 Å². The average molecular weight is 401 g/mol. The second kappa shape index (κ2) is 6.47. The van der Waals surface area contributed by atoms with Crippen molar-refractivity contribution < 1.29 is 22.7 Å². The highest BCUT2D eigenvalue weighted by Gasteiger charge is 2.33. The Bertz CT molecular complexity index is 540. The van der Waals surface area contributed by atoms with Gasteiger partial charge in [-0.3, -0.25) is 0 Å². The largest absolute Gasteiger partial charge is 0.462 e. The van der Waals surface area contributed by atoms with Crippen LogP contribution in [0.15, 0.2) is 17.0 Å². The number of halogens is 4. The van der Waals surface area contributed by atoms with Crippen molar-refractivity contribution in [2.75, 3.05) is 6.61 Å². The van der Waals surface area contributed by atoms with Gasteiger partial charge >= 0.3 is 11.5 Å². The van der Waals surface area contributed by atoms with E-state index < -0.39 is 23.2 Å². The molecule has 0 heterocycles. The lowest BCUT2D eigenvalue weighted by Gasteiger charge is -2.13. The molecular formula is C11H7F3INO2S. The second-order valence-corrected chi connectivity index (χ2v) is 5.34. The van der Waals surface area contributed by atoms with Gasteiger partial charge in [0.25, 0.3) is 0 Å². The van der Waals surface area contributed by atoms with E-state index in [1.807, 2.05) is 0 Å². The molecule has 3 nitrogen and oxygen atoms in total. The van der Waals surface area contributed by atoms with Gasteiger partial charge in [0.05, 0.1) is 17.7 Å². The van der Waals surface area contributed by atoms with Gasteiger partial charge in [0.15, 0.2) is 0 Å². The maximum absolute atomic E-state index is 12.5. The van der Waals surface area contributed by atoms with Crippen molar-refractivity contribution in [1.82, 2.24) is 0 Å². The number of esters is 1. The Hall–Kier alpha value is -0.950. The Kier molecular flexibility index (Phi) is 5.49. The first-order valence-corrected chi connectivity index (χ1v) is 6.85. The van der Waals surface area contributed by atoms with Crippen LogP contribution in [0.2, 0.25) is 0 Å². The number of rotatable bonds is 3. The van der Waals surface area contributed by atoms with Crippen molar-refractivity contribution in [2.45, 2.75) is 17.3 Å². The van der Waals surface area contributed by atoms with Gasteiger partial charge in [-0.25, -0.2) is 4.79 Å². The van der Waals surface area contributed by atoms with Crippen LogP contribution in [0, 0.1) is 14.9 Å². The molecular weight excluding hydrogens is 394 g/mol. The minimum Gasteiger partial charge on any atom is -0.462 e. The van der Waals surface area contributed by atoms with Gasteiger partial charge in [-0.05, 0) is 53.4 Å². The molecule has 0 atom stereocenters. The van der Waals surface area contributed by atoms with Gasteiger partial charge in [0.1, 0.15) is 6.07 Å². The summed E-state index contributed by atoms with van der Waals surface area (Å²) in [5.74, 6) is -0.836. The van der Waals surface area contributed by atoms with Crippen LogP contribution < -0.4 is 0 Å². The van der Waals surface area contributed by atoms with Crippen LogP contribution in [0.1, 0.15) is 22.8 Å². The number of hydrogen-bond donors (Lipinski definition) is 0. The highest BCUT2D eigenvalue weighted by atomic mass is 127. The van der Waals surface area contributed by atoms with Crippen LogP contribution in [0.4, 0.5) is 13.2 Å². The first-order valence-electron chi connectivity index (χ1n) is 4.95. The van der Waals surface area contributed by atoms with Crippen molar-refractivity contribution in [3.05, 3.63) is 26.8 Å². The molecule has 19 heavy (non-hydrogen) atoms. The predicted octanol–water partition coefficient (Wildman–Crippen LogP) is 3.95. The number of carbonyl (C=O) groups is 1. The van der Waals surface area contributed by atoms with Crippen molar-refractivity contribution in [1.29, 1.82) is 5.26 Å². The van der Waals surface area contributed by atoms with Gasteiger partial charge in [0, 0.05) is 8.47 Å². The summed E-state index contributed by atoms with van der Waals surface area (Å²) < 4.78 is 42.3. The molecule has 102 valence electrons. The third-order valence-corrected chi connectivity index (χ3v) is 4.28. The quantitative estimate of drug-likeness (QED) is 0.437. The molecule has 1 rings (SSSR count). The smallest absolute Gasteiger partial charge is 0.446 e. The Morgan fingerprint density at radius 2 is 2.16 bits per heavy atom. The second-order valence-electron chi connectivity index (χ2n) is 3.18. The van der Waals surface area contributed by atoms with E-state index in [9.17, 15) is 18.0 Å². The van der Waals surface area contributed by atoms with Gasteiger partial charge < -0.3 is 4.74 Å². The summed E-state index contributed by atoms with van der Waals surface area (Å²) in [7, 11) is 0. The zero-order valence-corrected chi connectivity index (χ0v) is 12.5. The van der Waals surface area contributed by atoms with Crippen molar-refractivity contribution in [3.8, 4) is 6.07 Å². The number of nitriles is 1. The first-order chi connectivity index (χ1) is 8.80. The molecule has 0 spiro atoms. The molecule has 0 N–H and O–H groups in total. The minimum absolute atomic E-state index is 0.0610. The van der Waals surface area contributed by atoms with Gasteiger partial charge in [0.2, 0.25) is 0 Å². The zero-order chi connectivity index (χ0) is 14.6. The summed E-state index contributed by atoms with van der Waals surface area (Å²) in [5.41, 5.74) is -4.65. The lowest BCUT2D eigenvalue weighted by atomic mass is 10.1. The molecule has 0 fully saturated rings. The molecule has 0 radical (unpaired) electrons. The van der Waals surface area contributed by atoms with Gasteiger partial charge in [-0.15, -0.1) is 0 Å². The number of nitrogens with zero attached hydrogens (tertiary/aromatic N) is 1. The third kappa shape index (κ3) is 4.28. The maximum Gasteiger partial charge on any atom is 0.446 e. The summed E-state index contributed by atoms with van der Waals surface area (Å²) in [6, 6.07) is 4.25. The standard InChI is InChI=1S/C11H7F3INO2S/c1-2-18-10(17)7-4-3-6(5-16)8(15)9(7)19-11(12,13)14/h3-4H,2H2,1H3. The molecule has 1 aromatic carbocycles. The molecule has 0 amide bonds. The van der Waals surface area contributed by atoms with E-state index in [4.69, 9.17) is 10.00 Å². The Morgan fingerprint density at radius 3 is 2.63 bits per heavy atom. The molecule has 0 bridgehead atoms. The fourth-order valence-corrected chi connectivity index (χ4v) is 2.84. The highest BCUT2D eigenvalue weighted by molar-refractivity contribution is 14.1. The summed E-state index contributed by atoms with van der Waals surface area (Å²) >= 11 is 1.20. The molecule has 0 saturated carbocycles. The van der Waals surface area contributed by atoms with Crippen LogP contribution in [0.5, 0.6) is 0 Å². The summed E-state index contributed by atoms with van der Waals surface area (Å²) in [4.78, 5) is 11.3. The first kappa shape index (κ1) is 16.1. The topological polar surface area (TPSA) is 50.1 Å². The van der Waals surface area contributed by atoms with E-state index in [0.29, 0.717) is 0 Å². The van der Waals surface area contributed by atoms with Crippen molar-refractivity contribution >= 4 is 40.3 Å². The molecule has 0 aliphatic heterocycles. The fraction of sp³-hybridized carbons (Fsp3) is 0.273. The average Bonchev–Trinajstić information content (AvgIpc) is 2.30. The summed E-state index contributed by atoms with van der Waals surface area (Å²) in [6.07, 6.45) is 0. The normalized spacial score (nSPS) is 10.9. The molecule has 0 aromatic heterocycles. The van der Waals surface area contributed by atoms with Gasteiger partial charge in [-0.1, -0.05) is 0 Å². The van der Waals surface area contributed by atoms with Crippen LogP contribution >= 0.6 is 34.4 Å². The molecule has 8 heteroatoms. The number of ether oxygens (including phenoxy) is 1. The van der Waals surface area contributed by atoms with Crippen LogP contribution in [-0.4, -0.2) is 18.1 Å². The Labute approximate surface area is 125 Å². The molecule has 0 aliphatic rings. The summed E-state index contributed by atoms with van der Waals surface area (Å²) in [5, 5.41) is 8.81. The van der Waals surface area contributed by atoms with E-state index in [-0.39, 0.29) is 26.2 Å². The van der Waals surface area contributed by atoms with E-state index in [0.717, 1.165) is 0 Å². The van der Waals surface area contributed by atoms with E-state index in [1.54, 1.807) is 35.6 Å². The lowest BCUT2D eigenvalue weighted by molar-refractivity contribution is -0.0328. The van der Waals surface area contributed by atoms with Gasteiger partial charge in [-0.2, -0.15) is 18.4 Å². The molecule has 0 unspecified atom stereocenters. The zero-order valence-electron chi connectivity index (χ0n) is 9.55. The van der Waals surface area contributed by atoms with E-state index >= 15 is 0 Å². The van der Waals surface area contributed by atoms with Crippen LogP contribution in [-0.2, 0) is 4.74 Å². The number of hydrogen-bond acceptors (Lipinski definition) is 4. The minimum atomic E-state index is -4.55. The maximum atomic E-state index is 12.5. The number of thioether (sulfide) groups is 1. The van der Waals surface area contributed by atoms with Crippen LogP contribution in [0.25, 0.3) is 0 Å². The Balaban J connectivity index is 3.35. The van der Waals surface area contributed by atoms with E-state index in [1.165, 1.54) is 12.1 Å².